The lowest BCUT2D eigenvalue weighted by molar-refractivity contribution is 0.660. The van der Waals surface area contributed by atoms with E-state index in [1.54, 1.807) is 11.7 Å². The SMILES string of the molecule is CCn1ncc(C#N)c1N=Nc1cnn(C)c1N. The molecule has 0 fully saturated rings. The Bertz CT molecular complexity index is 627. The van der Waals surface area contributed by atoms with Crippen LogP contribution in [-0.2, 0) is 13.6 Å². The summed E-state index contributed by atoms with van der Waals surface area (Å²) in [4.78, 5) is 0. The molecule has 18 heavy (non-hydrogen) atoms. The maximum absolute atomic E-state index is 8.94. The lowest BCUT2D eigenvalue weighted by atomic mass is 10.4. The Balaban J connectivity index is 2.37. The smallest absolute Gasteiger partial charge is 0.191 e. The molecule has 8 nitrogen and oxygen atoms in total. The van der Waals surface area contributed by atoms with E-state index in [0.29, 0.717) is 29.4 Å². The molecule has 92 valence electrons. The fraction of sp³-hybridized carbons (Fsp3) is 0.300. The molecule has 0 unspecified atom stereocenters. The highest BCUT2D eigenvalue weighted by Crippen LogP contribution is 2.25. The Morgan fingerprint density at radius 1 is 1.39 bits per heavy atom. The van der Waals surface area contributed by atoms with E-state index in [-0.39, 0.29) is 0 Å². The number of azo groups is 1. The molecule has 2 rings (SSSR count). The van der Waals surface area contributed by atoms with Crippen LogP contribution in [0.15, 0.2) is 22.6 Å². The summed E-state index contributed by atoms with van der Waals surface area (Å²) in [6.07, 6.45) is 2.97. The van der Waals surface area contributed by atoms with Crippen LogP contribution < -0.4 is 5.73 Å². The van der Waals surface area contributed by atoms with Crippen LogP contribution in [0.3, 0.4) is 0 Å². The molecule has 0 saturated heterocycles. The van der Waals surface area contributed by atoms with Gasteiger partial charge in [-0.05, 0) is 6.92 Å². The number of nitrogen functional groups attached to an aromatic ring is 1. The molecule has 0 aliphatic rings. The molecular formula is C10H12N8. The number of hydrogen-bond acceptors (Lipinski definition) is 6. The molecule has 0 saturated carbocycles. The van der Waals surface area contributed by atoms with E-state index < -0.39 is 0 Å². The van der Waals surface area contributed by atoms with Crippen molar-refractivity contribution in [2.75, 3.05) is 5.73 Å². The quantitative estimate of drug-likeness (QED) is 0.824. The summed E-state index contributed by atoms with van der Waals surface area (Å²) in [6.45, 7) is 2.52. The third-order valence-electron chi connectivity index (χ3n) is 2.45. The van der Waals surface area contributed by atoms with E-state index >= 15 is 0 Å². The molecule has 0 spiro atoms. The summed E-state index contributed by atoms with van der Waals surface area (Å²) in [7, 11) is 1.71. The zero-order chi connectivity index (χ0) is 13.1. The number of nitrogens with two attached hydrogens (primary N) is 1. The molecule has 0 aromatic carbocycles. The molecule has 2 aromatic rings. The zero-order valence-corrected chi connectivity index (χ0v) is 10.1. The van der Waals surface area contributed by atoms with Crippen molar-refractivity contribution in [1.29, 1.82) is 5.26 Å². The van der Waals surface area contributed by atoms with Gasteiger partial charge in [0.15, 0.2) is 5.82 Å². The highest BCUT2D eigenvalue weighted by molar-refractivity contribution is 5.56. The van der Waals surface area contributed by atoms with E-state index in [2.05, 4.69) is 20.4 Å². The van der Waals surface area contributed by atoms with Gasteiger partial charge in [0.05, 0.1) is 12.4 Å². The third-order valence-corrected chi connectivity index (χ3v) is 2.45. The average Bonchev–Trinajstić information content (AvgIpc) is 2.92. The van der Waals surface area contributed by atoms with Gasteiger partial charge in [0, 0.05) is 13.6 Å². The first-order valence-corrected chi connectivity index (χ1v) is 5.32. The Hall–Kier alpha value is -2.69. The van der Waals surface area contributed by atoms with Crippen LogP contribution in [0.4, 0.5) is 17.3 Å². The van der Waals surface area contributed by atoms with Crippen LogP contribution in [0.1, 0.15) is 12.5 Å². The van der Waals surface area contributed by atoms with Gasteiger partial charge < -0.3 is 5.73 Å². The molecule has 2 heterocycles. The largest absolute Gasteiger partial charge is 0.382 e. The van der Waals surface area contributed by atoms with Crippen molar-refractivity contribution in [3.05, 3.63) is 18.0 Å². The number of aromatic nitrogens is 4. The minimum absolute atomic E-state index is 0.378. The summed E-state index contributed by atoms with van der Waals surface area (Å²) in [6, 6.07) is 2.02. The van der Waals surface area contributed by atoms with Crippen molar-refractivity contribution in [3.63, 3.8) is 0 Å². The predicted molar refractivity (Wildman–Crippen MR) is 64.4 cm³/mol. The molecule has 2 N–H and O–H groups in total. The second-order valence-electron chi connectivity index (χ2n) is 3.55. The minimum atomic E-state index is 0.378. The highest BCUT2D eigenvalue weighted by Gasteiger charge is 2.09. The van der Waals surface area contributed by atoms with E-state index in [1.807, 2.05) is 13.0 Å². The van der Waals surface area contributed by atoms with Crippen molar-refractivity contribution in [1.82, 2.24) is 19.6 Å². The van der Waals surface area contributed by atoms with Crippen molar-refractivity contribution in [2.24, 2.45) is 17.3 Å². The van der Waals surface area contributed by atoms with Gasteiger partial charge in [-0.1, -0.05) is 0 Å². The minimum Gasteiger partial charge on any atom is -0.382 e. The van der Waals surface area contributed by atoms with Gasteiger partial charge in [-0.2, -0.15) is 15.5 Å². The van der Waals surface area contributed by atoms with Gasteiger partial charge in [0.1, 0.15) is 23.1 Å². The van der Waals surface area contributed by atoms with E-state index in [1.165, 1.54) is 17.1 Å². The van der Waals surface area contributed by atoms with Crippen LogP contribution in [0.2, 0.25) is 0 Å². The van der Waals surface area contributed by atoms with Gasteiger partial charge in [-0.3, -0.25) is 4.68 Å². The Kier molecular flexibility index (Phi) is 3.05. The standard InChI is InChI=1S/C10H12N8/c1-3-18-10(7(4-11)5-14-18)16-15-8-6-13-17(2)9(8)12/h5-6H,3,12H2,1-2H3. The van der Waals surface area contributed by atoms with E-state index in [4.69, 9.17) is 11.0 Å². The molecule has 0 aliphatic carbocycles. The van der Waals surface area contributed by atoms with E-state index in [0.717, 1.165) is 0 Å². The molecule has 8 heteroatoms. The Labute approximate surface area is 103 Å². The number of nitrogens with zero attached hydrogens (tertiary/aromatic N) is 7. The van der Waals surface area contributed by atoms with Crippen molar-refractivity contribution >= 4 is 17.3 Å². The second-order valence-corrected chi connectivity index (χ2v) is 3.55. The highest BCUT2D eigenvalue weighted by atomic mass is 15.4. The van der Waals surface area contributed by atoms with Gasteiger partial charge in [0.2, 0.25) is 0 Å². The molecule has 2 aromatic heterocycles. The Morgan fingerprint density at radius 2 is 2.17 bits per heavy atom. The number of nitriles is 1. The fourth-order valence-corrected chi connectivity index (χ4v) is 1.41. The lowest BCUT2D eigenvalue weighted by Gasteiger charge is -1.97. The van der Waals surface area contributed by atoms with Crippen LogP contribution in [0.5, 0.6) is 0 Å². The van der Waals surface area contributed by atoms with Gasteiger partial charge >= 0.3 is 0 Å². The van der Waals surface area contributed by atoms with Crippen LogP contribution in [0.25, 0.3) is 0 Å². The topological polar surface area (TPSA) is 110 Å². The molecule has 0 radical (unpaired) electrons. The molecule has 0 aliphatic heterocycles. The van der Waals surface area contributed by atoms with Crippen molar-refractivity contribution < 1.29 is 0 Å². The number of aryl methyl sites for hydroxylation is 2. The van der Waals surface area contributed by atoms with E-state index in [9.17, 15) is 0 Å². The second kappa shape index (κ2) is 4.67. The van der Waals surface area contributed by atoms with Crippen LogP contribution >= 0.6 is 0 Å². The summed E-state index contributed by atoms with van der Waals surface area (Å²) in [5.41, 5.74) is 6.58. The first-order valence-electron chi connectivity index (χ1n) is 5.32. The van der Waals surface area contributed by atoms with Gasteiger partial charge in [0.25, 0.3) is 0 Å². The molecule has 0 atom stereocenters. The molecular weight excluding hydrogens is 232 g/mol. The lowest BCUT2D eigenvalue weighted by Crippen LogP contribution is -1.96. The summed E-state index contributed by atoms with van der Waals surface area (Å²) < 4.78 is 3.09. The monoisotopic (exact) mass is 244 g/mol. The Morgan fingerprint density at radius 3 is 2.72 bits per heavy atom. The summed E-state index contributed by atoms with van der Waals surface area (Å²) in [5, 5.41) is 24.9. The van der Waals surface area contributed by atoms with Crippen molar-refractivity contribution in [3.8, 4) is 6.07 Å². The fourth-order valence-electron chi connectivity index (χ4n) is 1.41. The van der Waals surface area contributed by atoms with Crippen LogP contribution in [0, 0.1) is 11.3 Å². The average molecular weight is 244 g/mol. The first kappa shape index (κ1) is 11.8. The van der Waals surface area contributed by atoms with Crippen molar-refractivity contribution in [2.45, 2.75) is 13.5 Å². The number of hydrogen-bond donors (Lipinski definition) is 1. The molecule has 0 bridgehead atoms. The predicted octanol–water partition coefficient (Wildman–Crippen LogP) is 1.51. The summed E-state index contributed by atoms with van der Waals surface area (Å²) in [5.74, 6) is 0.836. The zero-order valence-electron chi connectivity index (χ0n) is 10.1. The maximum Gasteiger partial charge on any atom is 0.191 e. The van der Waals surface area contributed by atoms with Gasteiger partial charge in [-0.25, -0.2) is 4.68 Å². The normalized spacial score (nSPS) is 10.9. The third kappa shape index (κ3) is 1.93. The van der Waals surface area contributed by atoms with Gasteiger partial charge in [-0.15, -0.1) is 10.2 Å². The molecule has 0 amide bonds. The van der Waals surface area contributed by atoms with Crippen LogP contribution in [-0.4, -0.2) is 19.6 Å². The number of anilines is 1. The summed E-state index contributed by atoms with van der Waals surface area (Å²) >= 11 is 0. The number of rotatable bonds is 3. The maximum atomic E-state index is 8.94. The first-order chi connectivity index (χ1) is 8.67.